The second-order valence-electron chi connectivity index (χ2n) is 14.1. The number of aliphatic carboxylic acids is 1. The third-order valence-electron chi connectivity index (χ3n) is 10.4. The van der Waals surface area contributed by atoms with Crippen molar-refractivity contribution in [3.8, 4) is 28.3 Å². The van der Waals surface area contributed by atoms with Gasteiger partial charge in [-0.3, -0.25) is 24.6 Å². The molecule has 1 saturated carbocycles. The summed E-state index contributed by atoms with van der Waals surface area (Å²) >= 11 is 7.11. The Hall–Kier alpha value is -4.89. The molecular formula is C40H43ClF2N8O4. The van der Waals surface area contributed by atoms with Gasteiger partial charge in [0.1, 0.15) is 11.2 Å². The lowest BCUT2D eigenvalue weighted by Crippen LogP contribution is -2.36. The van der Waals surface area contributed by atoms with E-state index in [9.17, 15) is 23.8 Å². The fourth-order valence-electron chi connectivity index (χ4n) is 7.42. The van der Waals surface area contributed by atoms with Gasteiger partial charge in [0.15, 0.2) is 11.6 Å². The minimum Gasteiger partial charge on any atom is -0.481 e. The number of carboxylic acids is 1. The van der Waals surface area contributed by atoms with Crippen LogP contribution in [0.1, 0.15) is 65.3 Å². The number of alkyl halides is 2. The Bertz CT molecular complexity index is 2320. The average molecular weight is 776 g/mol. The molecule has 2 aliphatic rings. The summed E-state index contributed by atoms with van der Waals surface area (Å²) < 4.78 is 58.5. The molecule has 0 radical (unpaired) electrons. The second-order valence-corrected chi connectivity index (χ2v) is 14.5. The van der Waals surface area contributed by atoms with Crippen LogP contribution in [0.3, 0.4) is 0 Å². The zero-order chi connectivity index (χ0) is 41.3. The maximum absolute atomic E-state index is 14.1. The Kier molecular flexibility index (Phi) is 10.3. The number of aromatic nitrogens is 5. The van der Waals surface area contributed by atoms with Gasteiger partial charge in [-0.2, -0.15) is 0 Å². The number of fused-ring (bicyclic) bond motifs is 1. The zero-order valence-electron chi connectivity index (χ0n) is 33.3. The number of β-amino-alcohol motifs (C(OH)–C–C–N with tert-alkyl or cyclic N) is 1. The van der Waals surface area contributed by atoms with Gasteiger partial charge in [0.25, 0.3) is 6.43 Å². The van der Waals surface area contributed by atoms with E-state index in [2.05, 4.69) is 30.2 Å². The van der Waals surface area contributed by atoms with Crippen molar-refractivity contribution in [2.45, 2.75) is 70.7 Å². The number of ether oxygens (including phenoxy) is 1. The maximum atomic E-state index is 14.1. The first-order valence-electron chi connectivity index (χ1n) is 19.6. The number of nitrogens with zero attached hydrogens (tertiary/aromatic N) is 7. The number of hydrogen-bond donors (Lipinski definition) is 3. The molecule has 15 heteroatoms. The van der Waals surface area contributed by atoms with Crippen molar-refractivity contribution in [3.63, 3.8) is 0 Å². The number of carboxylic acid groups (broad SMARTS) is 1. The third-order valence-corrected chi connectivity index (χ3v) is 10.8. The summed E-state index contributed by atoms with van der Waals surface area (Å²) in [5.74, 6) is -1.73. The molecule has 1 aliphatic heterocycles. The first-order chi connectivity index (χ1) is 27.7. The van der Waals surface area contributed by atoms with Gasteiger partial charge in [-0.15, -0.1) is 0 Å². The number of likely N-dealkylation sites (tertiary alicyclic amines) is 1. The lowest BCUT2D eigenvalue weighted by Gasteiger charge is -2.33. The Balaban J connectivity index is 1.16. The number of hydrogen-bond acceptors (Lipinski definition) is 11. The van der Waals surface area contributed by atoms with Crippen LogP contribution in [0.2, 0.25) is 5.02 Å². The average Bonchev–Trinajstić information content (AvgIpc) is 3.61. The first kappa shape index (κ1) is 34.6. The molecule has 12 nitrogen and oxygen atoms in total. The van der Waals surface area contributed by atoms with Crippen molar-refractivity contribution in [3.05, 3.63) is 82.5 Å². The topological polar surface area (TPSA) is 150 Å². The van der Waals surface area contributed by atoms with Crippen LogP contribution >= 0.6 is 11.6 Å². The number of nitrogens with one attached hydrogen (secondary N) is 1. The molecule has 3 aromatic heterocycles. The van der Waals surface area contributed by atoms with E-state index in [0.717, 1.165) is 23.2 Å². The highest BCUT2D eigenvalue weighted by Crippen LogP contribution is 2.40. The van der Waals surface area contributed by atoms with Crippen LogP contribution in [-0.4, -0.2) is 90.2 Å². The zero-order valence-corrected chi connectivity index (χ0v) is 31.1. The smallest absolute Gasteiger partial charge is 0.306 e. The molecule has 4 heterocycles. The van der Waals surface area contributed by atoms with Gasteiger partial charge in [0.2, 0.25) is 5.88 Å². The van der Waals surface area contributed by atoms with Crippen LogP contribution < -0.4 is 10.1 Å². The minimum absolute atomic E-state index is 0.0805. The van der Waals surface area contributed by atoms with Gasteiger partial charge in [-0.1, -0.05) is 41.9 Å². The molecule has 3 N–H and O–H groups in total. The Morgan fingerprint density at radius 2 is 1.84 bits per heavy atom. The summed E-state index contributed by atoms with van der Waals surface area (Å²) in [5, 5.41) is 22.9. The van der Waals surface area contributed by atoms with Crippen molar-refractivity contribution < 1.29 is 32.6 Å². The third kappa shape index (κ3) is 8.37. The van der Waals surface area contributed by atoms with Gasteiger partial charge in [0.05, 0.1) is 41.6 Å². The quantitative estimate of drug-likeness (QED) is 0.116. The van der Waals surface area contributed by atoms with Crippen LogP contribution in [0.25, 0.3) is 33.4 Å². The van der Waals surface area contributed by atoms with Crippen LogP contribution in [0, 0.1) is 12.8 Å². The highest BCUT2D eigenvalue weighted by Gasteiger charge is 2.29. The molecule has 0 unspecified atom stereocenters. The number of anilines is 2. The number of pyridine rings is 1. The molecule has 1 saturated heterocycles. The molecule has 5 aromatic rings. The van der Waals surface area contributed by atoms with E-state index in [1.165, 1.54) is 18.2 Å². The molecule has 0 bridgehead atoms. The van der Waals surface area contributed by atoms with Crippen LogP contribution in [0.4, 0.5) is 20.3 Å². The molecular weight excluding hydrogens is 730 g/mol. The Morgan fingerprint density at radius 3 is 2.55 bits per heavy atom. The molecule has 0 spiro atoms. The summed E-state index contributed by atoms with van der Waals surface area (Å²) in [5.41, 5.74) is 5.35. The number of carbonyl (C=O) groups is 1. The van der Waals surface area contributed by atoms with Crippen molar-refractivity contribution in [1.29, 1.82) is 0 Å². The number of benzene rings is 2. The van der Waals surface area contributed by atoms with E-state index in [4.69, 9.17) is 25.4 Å². The van der Waals surface area contributed by atoms with Crippen LogP contribution in [0.5, 0.6) is 5.88 Å². The van der Waals surface area contributed by atoms with E-state index >= 15 is 0 Å². The van der Waals surface area contributed by atoms with Crippen molar-refractivity contribution >= 4 is 40.1 Å². The number of aliphatic hydroxyl groups is 1. The highest BCUT2D eigenvalue weighted by molar-refractivity contribution is 6.36. The summed E-state index contributed by atoms with van der Waals surface area (Å²) in [6.45, 7) is 1.08. The largest absolute Gasteiger partial charge is 0.481 e. The number of methoxy groups -OCH3 is 1. The fraction of sp³-hybridized carbons (Fsp3) is 0.400. The van der Waals surface area contributed by atoms with Crippen molar-refractivity contribution in [2.75, 3.05) is 32.5 Å². The maximum Gasteiger partial charge on any atom is 0.306 e. The lowest BCUT2D eigenvalue weighted by atomic mass is 9.85. The van der Waals surface area contributed by atoms with Gasteiger partial charge < -0.3 is 20.3 Å². The van der Waals surface area contributed by atoms with E-state index < -0.39 is 37.2 Å². The molecule has 2 fully saturated rings. The first-order valence-corrected chi connectivity index (χ1v) is 18.5. The number of rotatable bonds is 12. The van der Waals surface area contributed by atoms with Gasteiger partial charge in [-0.05, 0) is 74.8 Å². The molecule has 55 heavy (non-hydrogen) atoms. The molecule has 1 aliphatic carbocycles. The van der Waals surface area contributed by atoms with E-state index in [1.54, 1.807) is 24.4 Å². The van der Waals surface area contributed by atoms with E-state index in [0.29, 0.717) is 83.9 Å². The molecule has 288 valence electrons. The monoisotopic (exact) mass is 775 g/mol. The van der Waals surface area contributed by atoms with E-state index in [1.807, 2.05) is 31.2 Å². The van der Waals surface area contributed by atoms with Crippen molar-refractivity contribution in [1.82, 2.24) is 34.7 Å². The van der Waals surface area contributed by atoms with Gasteiger partial charge >= 0.3 is 5.97 Å². The van der Waals surface area contributed by atoms with Gasteiger partial charge in [0, 0.05) is 59.3 Å². The molecule has 0 amide bonds. The standard InChI is InChI=1S/C40H43ClF2N8O4/c1-22-27(6-5-9-30(22)46-37-35-31(47-38(49-37)36(42)43)16-23(17-45-35)19-51-15-14-26(52)20-51)28-7-4-8-29(34(28)41)32-18-44-33(39(48-32)55-3)21-50(2)25-12-10-24(11-13-25)40(53)54/h4-9,16-18,24-26,36,52H,10-15,19-21H2,1-3H3,(H,53,54)(H,46,47,49)/t24?,25?,26-/m1/s1/i2D3. The molecule has 2 aromatic carbocycles. The van der Waals surface area contributed by atoms with Gasteiger partial charge in [-0.25, -0.2) is 23.7 Å². The highest BCUT2D eigenvalue weighted by atomic mass is 35.5. The fourth-order valence-corrected chi connectivity index (χ4v) is 7.74. The summed E-state index contributed by atoms with van der Waals surface area (Å²) in [7, 11) is 1.43. The predicted molar refractivity (Wildman–Crippen MR) is 206 cm³/mol. The lowest BCUT2D eigenvalue weighted by molar-refractivity contribution is -0.143. The summed E-state index contributed by atoms with van der Waals surface area (Å²) in [6.07, 6.45) is 2.19. The van der Waals surface area contributed by atoms with E-state index in [-0.39, 0.29) is 29.8 Å². The Morgan fingerprint density at radius 1 is 1.07 bits per heavy atom. The number of aliphatic hydroxyl groups excluding tert-OH is 1. The molecule has 7 rings (SSSR count). The van der Waals surface area contributed by atoms with Crippen molar-refractivity contribution in [2.24, 2.45) is 5.92 Å². The summed E-state index contributed by atoms with van der Waals surface area (Å²) in [4.78, 5) is 37.1. The number of halogens is 3. The minimum atomic E-state index is -2.92. The van der Waals surface area contributed by atoms with Crippen LogP contribution in [0.15, 0.2) is 54.9 Å². The SMILES string of the molecule is [2H]C([2H])([2H])N(Cc1ncc(-c2cccc(-c3cccc(Nc4nc(C(F)F)nc5cc(CN6CC[C@@H](O)C6)cnc45)c3C)c2Cl)nc1OC)C1CCC(C(=O)O)CC1. The normalized spacial score (nSPS) is 20.1. The van der Waals surface area contributed by atoms with Crippen LogP contribution in [-0.2, 0) is 17.9 Å². The second kappa shape index (κ2) is 16.5. The summed E-state index contributed by atoms with van der Waals surface area (Å²) in [6, 6.07) is 12.3. The Labute approximate surface area is 326 Å². The molecule has 1 atom stereocenters. The predicted octanol–water partition coefficient (Wildman–Crippen LogP) is 7.44.